The fourth-order valence-electron chi connectivity index (χ4n) is 1.68. The molecule has 0 radical (unpaired) electrons. The van der Waals surface area contributed by atoms with Gasteiger partial charge in [-0.3, -0.25) is 4.79 Å². The molecule has 0 aliphatic rings. The zero-order valence-corrected chi connectivity index (χ0v) is 14.3. The zero-order chi connectivity index (χ0) is 16.4. The second-order valence-electron chi connectivity index (χ2n) is 5.96. The molecule has 1 aromatic carbocycles. The number of benzene rings is 1. The van der Waals surface area contributed by atoms with E-state index in [0.29, 0.717) is 5.56 Å². The summed E-state index contributed by atoms with van der Waals surface area (Å²) in [6.45, 7) is 7.64. The predicted octanol–water partition coefficient (Wildman–Crippen LogP) is 2.16. The number of sulfonamides is 1. The molecule has 0 fully saturated rings. The largest absolute Gasteiger partial charge is 0.347 e. The molecule has 1 rings (SSSR count). The lowest BCUT2D eigenvalue weighted by Crippen LogP contribution is -2.43. The van der Waals surface area contributed by atoms with Gasteiger partial charge >= 0.3 is 0 Å². The average Bonchev–Trinajstić information content (AvgIpc) is 2.38. The summed E-state index contributed by atoms with van der Waals surface area (Å²) in [5, 5.41) is 2.92. The maximum Gasteiger partial charge on any atom is 0.252 e. The van der Waals surface area contributed by atoms with Crippen LogP contribution in [0.4, 0.5) is 0 Å². The van der Waals surface area contributed by atoms with Crippen LogP contribution in [0.3, 0.4) is 0 Å². The van der Waals surface area contributed by atoms with Crippen LogP contribution in [0.15, 0.2) is 23.1 Å². The van der Waals surface area contributed by atoms with E-state index in [9.17, 15) is 13.2 Å². The molecule has 0 atom stereocenters. The van der Waals surface area contributed by atoms with Crippen molar-refractivity contribution < 1.29 is 13.2 Å². The van der Waals surface area contributed by atoms with E-state index < -0.39 is 10.0 Å². The molecule has 0 aromatic heterocycles. The highest BCUT2D eigenvalue weighted by molar-refractivity contribution is 7.89. The van der Waals surface area contributed by atoms with Gasteiger partial charge in [-0.1, -0.05) is 13.0 Å². The van der Waals surface area contributed by atoms with Crippen LogP contribution < -0.4 is 5.32 Å². The van der Waals surface area contributed by atoms with Crippen LogP contribution in [0.1, 0.15) is 43.1 Å². The highest BCUT2D eigenvalue weighted by Gasteiger charge is 2.23. The van der Waals surface area contributed by atoms with E-state index in [2.05, 4.69) is 5.32 Å². The highest BCUT2D eigenvalue weighted by atomic mass is 32.2. The molecule has 0 spiro atoms. The molecule has 118 valence electrons. The smallest absolute Gasteiger partial charge is 0.252 e. The third kappa shape index (κ3) is 4.04. The third-order valence-corrected chi connectivity index (χ3v) is 5.38. The maximum absolute atomic E-state index is 12.4. The van der Waals surface area contributed by atoms with Crippen LogP contribution in [0, 0.1) is 6.92 Å². The summed E-state index contributed by atoms with van der Waals surface area (Å²) in [4.78, 5) is 12.5. The van der Waals surface area contributed by atoms with Gasteiger partial charge in [-0.2, -0.15) is 0 Å². The van der Waals surface area contributed by atoms with Crippen molar-refractivity contribution in [3.05, 3.63) is 29.3 Å². The number of nitrogens with zero attached hydrogens (tertiary/aromatic N) is 1. The Morgan fingerprint density at radius 1 is 1.29 bits per heavy atom. The van der Waals surface area contributed by atoms with Crippen molar-refractivity contribution >= 4 is 15.9 Å². The zero-order valence-electron chi connectivity index (χ0n) is 13.5. The fraction of sp³-hybridized carbons (Fsp3) is 0.533. The van der Waals surface area contributed by atoms with Crippen LogP contribution in [0.2, 0.25) is 0 Å². The fourth-order valence-corrected chi connectivity index (χ4v) is 2.61. The number of hydrogen-bond acceptors (Lipinski definition) is 3. The van der Waals surface area contributed by atoms with Crippen LogP contribution in [-0.2, 0) is 10.0 Å². The minimum atomic E-state index is -3.55. The molecular weight excluding hydrogens is 288 g/mol. The molecule has 5 nitrogen and oxygen atoms in total. The van der Waals surface area contributed by atoms with Crippen molar-refractivity contribution in [1.29, 1.82) is 0 Å². The first kappa shape index (κ1) is 17.7. The first-order valence-corrected chi connectivity index (χ1v) is 8.31. The number of rotatable bonds is 5. The van der Waals surface area contributed by atoms with Gasteiger partial charge < -0.3 is 5.32 Å². The van der Waals surface area contributed by atoms with E-state index in [1.165, 1.54) is 26.2 Å². The summed E-state index contributed by atoms with van der Waals surface area (Å²) in [5.41, 5.74) is 0.802. The molecule has 0 heterocycles. The van der Waals surface area contributed by atoms with Crippen molar-refractivity contribution in [3.8, 4) is 0 Å². The SMILES string of the molecule is CCC(C)(C)NC(=O)c1cc(S(=O)(=O)N(C)C)ccc1C. The number of nitrogens with one attached hydrogen (secondary N) is 1. The van der Waals surface area contributed by atoms with Crippen LogP contribution in [0.5, 0.6) is 0 Å². The number of carbonyl (C=O) groups excluding carboxylic acids is 1. The molecule has 0 saturated heterocycles. The van der Waals surface area contributed by atoms with E-state index >= 15 is 0 Å². The Labute approximate surface area is 127 Å². The lowest BCUT2D eigenvalue weighted by Gasteiger charge is -2.25. The summed E-state index contributed by atoms with van der Waals surface area (Å²) in [6.07, 6.45) is 0.785. The van der Waals surface area contributed by atoms with E-state index in [-0.39, 0.29) is 16.3 Å². The Hall–Kier alpha value is -1.40. The maximum atomic E-state index is 12.4. The van der Waals surface area contributed by atoms with E-state index in [0.717, 1.165) is 16.3 Å². The van der Waals surface area contributed by atoms with Gasteiger partial charge in [-0.15, -0.1) is 0 Å². The van der Waals surface area contributed by atoms with Crippen molar-refractivity contribution in [3.63, 3.8) is 0 Å². The number of carbonyl (C=O) groups is 1. The van der Waals surface area contributed by atoms with Gasteiger partial charge in [0.25, 0.3) is 5.91 Å². The Morgan fingerprint density at radius 3 is 2.33 bits per heavy atom. The number of amides is 1. The number of hydrogen-bond donors (Lipinski definition) is 1. The summed E-state index contributed by atoms with van der Waals surface area (Å²) in [6, 6.07) is 4.61. The predicted molar refractivity (Wildman–Crippen MR) is 83.9 cm³/mol. The molecule has 1 amide bonds. The van der Waals surface area contributed by atoms with Gasteiger partial charge in [0, 0.05) is 25.2 Å². The molecule has 6 heteroatoms. The van der Waals surface area contributed by atoms with Gasteiger partial charge in [-0.05, 0) is 44.9 Å². The van der Waals surface area contributed by atoms with Gasteiger partial charge in [0.15, 0.2) is 0 Å². The Bertz CT molecular complexity index is 634. The minimum Gasteiger partial charge on any atom is -0.347 e. The first-order valence-electron chi connectivity index (χ1n) is 6.87. The van der Waals surface area contributed by atoms with E-state index in [4.69, 9.17) is 0 Å². The Morgan fingerprint density at radius 2 is 1.86 bits per heavy atom. The highest BCUT2D eigenvalue weighted by Crippen LogP contribution is 2.19. The van der Waals surface area contributed by atoms with Crippen LogP contribution in [-0.4, -0.2) is 38.3 Å². The third-order valence-electron chi connectivity index (χ3n) is 3.57. The molecule has 0 unspecified atom stereocenters. The number of aryl methyl sites for hydroxylation is 1. The monoisotopic (exact) mass is 312 g/mol. The lowest BCUT2D eigenvalue weighted by molar-refractivity contribution is 0.0910. The van der Waals surface area contributed by atoms with E-state index in [1.54, 1.807) is 13.0 Å². The molecule has 0 aliphatic heterocycles. The molecule has 1 aromatic rings. The van der Waals surface area contributed by atoms with Gasteiger partial charge in [0.2, 0.25) is 10.0 Å². The molecular formula is C15H24N2O3S. The van der Waals surface area contributed by atoms with Crippen LogP contribution >= 0.6 is 0 Å². The van der Waals surface area contributed by atoms with Gasteiger partial charge in [-0.25, -0.2) is 12.7 Å². The van der Waals surface area contributed by atoms with Gasteiger partial charge in [0.05, 0.1) is 4.90 Å². The quantitative estimate of drug-likeness (QED) is 0.906. The lowest BCUT2D eigenvalue weighted by atomic mass is 10.0. The second-order valence-corrected chi connectivity index (χ2v) is 8.11. The summed E-state index contributed by atoms with van der Waals surface area (Å²) in [5.74, 6) is -0.254. The minimum absolute atomic E-state index is 0.123. The van der Waals surface area contributed by atoms with Crippen LogP contribution in [0.25, 0.3) is 0 Å². The molecule has 0 bridgehead atoms. The molecule has 0 saturated carbocycles. The van der Waals surface area contributed by atoms with Crippen molar-refractivity contribution in [2.45, 2.75) is 44.6 Å². The average molecular weight is 312 g/mol. The van der Waals surface area contributed by atoms with Crippen molar-refractivity contribution in [2.75, 3.05) is 14.1 Å². The normalized spacial score (nSPS) is 12.5. The summed E-state index contributed by atoms with van der Waals surface area (Å²) >= 11 is 0. The molecule has 21 heavy (non-hydrogen) atoms. The van der Waals surface area contributed by atoms with E-state index in [1.807, 2.05) is 20.8 Å². The Kier molecular flexibility index (Phi) is 5.17. The molecule has 0 aliphatic carbocycles. The Balaban J connectivity index is 3.24. The van der Waals surface area contributed by atoms with Gasteiger partial charge in [0.1, 0.15) is 0 Å². The summed E-state index contributed by atoms with van der Waals surface area (Å²) < 4.78 is 25.4. The van der Waals surface area contributed by atoms with Crippen molar-refractivity contribution in [1.82, 2.24) is 9.62 Å². The first-order chi connectivity index (χ1) is 9.51. The molecule has 1 N–H and O–H groups in total. The second kappa shape index (κ2) is 6.15. The van der Waals surface area contributed by atoms with Crippen molar-refractivity contribution in [2.24, 2.45) is 0 Å². The standard InChI is InChI=1S/C15H24N2O3S/c1-7-15(3,4)16-14(18)13-10-12(9-8-11(13)2)21(19,20)17(5)6/h8-10H,7H2,1-6H3,(H,16,18). The summed E-state index contributed by atoms with van der Waals surface area (Å²) in [7, 11) is -0.611. The topological polar surface area (TPSA) is 66.5 Å².